The second-order valence-corrected chi connectivity index (χ2v) is 5.84. The molecule has 0 spiro atoms. The molecule has 0 bridgehead atoms. The Morgan fingerprint density at radius 1 is 1.25 bits per heavy atom. The van der Waals surface area contributed by atoms with Crippen LogP contribution in [0.1, 0.15) is 49.4 Å². The summed E-state index contributed by atoms with van der Waals surface area (Å²) in [5.74, 6) is -3.06. The highest BCUT2D eigenvalue weighted by Crippen LogP contribution is 2.36. The van der Waals surface area contributed by atoms with Gasteiger partial charge in [0, 0.05) is 6.54 Å². The van der Waals surface area contributed by atoms with Crippen LogP contribution >= 0.6 is 0 Å². The SMILES string of the molecule is CC1(CNc2c(F)cc(C(=O)O)cc2F)CCCCC1. The summed E-state index contributed by atoms with van der Waals surface area (Å²) in [6.45, 7) is 2.61. The molecule has 1 aliphatic rings. The molecule has 20 heavy (non-hydrogen) atoms. The fourth-order valence-electron chi connectivity index (χ4n) is 2.75. The molecular formula is C15H19F2NO2. The van der Waals surface area contributed by atoms with Crippen molar-refractivity contribution in [1.82, 2.24) is 0 Å². The minimum atomic E-state index is -1.34. The highest BCUT2D eigenvalue weighted by molar-refractivity contribution is 5.88. The lowest BCUT2D eigenvalue weighted by molar-refractivity contribution is 0.0696. The van der Waals surface area contributed by atoms with Gasteiger partial charge >= 0.3 is 5.97 Å². The van der Waals surface area contributed by atoms with Crippen LogP contribution in [0.15, 0.2) is 12.1 Å². The van der Waals surface area contributed by atoms with Gasteiger partial charge in [-0.15, -0.1) is 0 Å². The van der Waals surface area contributed by atoms with Crippen LogP contribution in [0.2, 0.25) is 0 Å². The summed E-state index contributed by atoms with van der Waals surface area (Å²) in [6, 6.07) is 1.69. The lowest BCUT2D eigenvalue weighted by Gasteiger charge is -2.34. The number of nitrogens with one attached hydrogen (secondary N) is 1. The quantitative estimate of drug-likeness (QED) is 0.876. The molecule has 5 heteroatoms. The van der Waals surface area contributed by atoms with Crippen molar-refractivity contribution in [3.8, 4) is 0 Å². The van der Waals surface area contributed by atoms with Crippen LogP contribution in [0.25, 0.3) is 0 Å². The molecule has 0 aliphatic heterocycles. The predicted octanol–water partition coefficient (Wildman–Crippen LogP) is 4.05. The van der Waals surface area contributed by atoms with Gasteiger partial charge in [0.15, 0.2) is 0 Å². The van der Waals surface area contributed by atoms with E-state index in [-0.39, 0.29) is 16.7 Å². The Kier molecular flexibility index (Phi) is 4.26. The van der Waals surface area contributed by atoms with Gasteiger partial charge in [-0.2, -0.15) is 0 Å². The molecule has 0 amide bonds. The second-order valence-electron chi connectivity index (χ2n) is 5.84. The number of carboxylic acid groups (broad SMARTS) is 1. The summed E-state index contributed by atoms with van der Waals surface area (Å²) in [5.41, 5.74) is -0.570. The molecule has 0 atom stereocenters. The van der Waals surface area contributed by atoms with Gasteiger partial charge in [0.1, 0.15) is 17.3 Å². The maximum absolute atomic E-state index is 13.8. The number of rotatable bonds is 4. The standard InChI is InChI=1S/C15H19F2NO2/c1-15(5-3-2-4-6-15)9-18-13-11(16)7-10(14(19)20)8-12(13)17/h7-8,18H,2-6,9H2,1H3,(H,19,20). The first-order chi connectivity index (χ1) is 9.41. The van der Waals surface area contributed by atoms with E-state index in [1.165, 1.54) is 6.42 Å². The third-order valence-corrected chi connectivity index (χ3v) is 4.04. The van der Waals surface area contributed by atoms with Crippen LogP contribution in [0.3, 0.4) is 0 Å². The molecule has 1 fully saturated rings. The summed E-state index contributed by atoms with van der Waals surface area (Å²) in [4.78, 5) is 10.7. The molecule has 1 aromatic rings. The summed E-state index contributed by atoms with van der Waals surface area (Å²) in [5, 5.41) is 11.6. The van der Waals surface area contributed by atoms with Gasteiger partial charge < -0.3 is 10.4 Å². The van der Waals surface area contributed by atoms with Crippen molar-refractivity contribution in [2.24, 2.45) is 5.41 Å². The number of hydrogen-bond donors (Lipinski definition) is 2. The Morgan fingerprint density at radius 2 is 1.80 bits per heavy atom. The van der Waals surface area contributed by atoms with Crippen molar-refractivity contribution in [1.29, 1.82) is 0 Å². The number of hydrogen-bond acceptors (Lipinski definition) is 2. The van der Waals surface area contributed by atoms with Crippen molar-refractivity contribution in [3.05, 3.63) is 29.3 Å². The molecule has 0 unspecified atom stereocenters. The van der Waals surface area contributed by atoms with E-state index in [0.717, 1.165) is 37.8 Å². The van der Waals surface area contributed by atoms with Gasteiger partial charge in [-0.1, -0.05) is 26.2 Å². The molecule has 0 saturated heterocycles. The van der Waals surface area contributed by atoms with Crippen LogP contribution in [-0.2, 0) is 0 Å². The van der Waals surface area contributed by atoms with E-state index in [1.54, 1.807) is 0 Å². The summed E-state index contributed by atoms with van der Waals surface area (Å²) in [7, 11) is 0. The third-order valence-electron chi connectivity index (χ3n) is 4.04. The van der Waals surface area contributed by atoms with Crippen LogP contribution in [-0.4, -0.2) is 17.6 Å². The number of aromatic carboxylic acids is 1. The molecule has 1 aromatic carbocycles. The van der Waals surface area contributed by atoms with Gasteiger partial charge in [-0.3, -0.25) is 0 Å². The summed E-state index contributed by atoms with van der Waals surface area (Å²) in [6.07, 6.45) is 5.57. The third kappa shape index (κ3) is 3.26. The van der Waals surface area contributed by atoms with Crippen LogP contribution in [0.4, 0.5) is 14.5 Å². The maximum Gasteiger partial charge on any atom is 0.335 e. The van der Waals surface area contributed by atoms with Crippen molar-refractivity contribution >= 4 is 11.7 Å². The zero-order chi connectivity index (χ0) is 14.8. The zero-order valence-electron chi connectivity index (χ0n) is 11.5. The smallest absolute Gasteiger partial charge is 0.335 e. The molecule has 0 heterocycles. The minimum Gasteiger partial charge on any atom is -0.478 e. The van der Waals surface area contributed by atoms with E-state index in [1.807, 2.05) is 0 Å². The highest BCUT2D eigenvalue weighted by Gasteiger charge is 2.27. The summed E-state index contributed by atoms with van der Waals surface area (Å²) < 4.78 is 27.6. The van der Waals surface area contributed by atoms with Crippen LogP contribution < -0.4 is 5.32 Å². The van der Waals surface area contributed by atoms with E-state index in [4.69, 9.17) is 5.11 Å². The molecule has 2 N–H and O–H groups in total. The second kappa shape index (κ2) is 5.77. The largest absolute Gasteiger partial charge is 0.478 e. The van der Waals surface area contributed by atoms with Crippen molar-refractivity contribution in [2.75, 3.05) is 11.9 Å². The number of carboxylic acids is 1. The molecular weight excluding hydrogens is 264 g/mol. The molecule has 110 valence electrons. The van der Waals surface area contributed by atoms with Gasteiger partial charge in [0.25, 0.3) is 0 Å². The number of benzene rings is 1. The normalized spacial score (nSPS) is 17.8. The number of anilines is 1. The Hall–Kier alpha value is -1.65. The molecule has 0 aromatic heterocycles. The number of carbonyl (C=O) groups is 1. The van der Waals surface area contributed by atoms with E-state index < -0.39 is 17.6 Å². The van der Waals surface area contributed by atoms with E-state index >= 15 is 0 Å². The van der Waals surface area contributed by atoms with Crippen molar-refractivity contribution < 1.29 is 18.7 Å². The molecule has 1 saturated carbocycles. The molecule has 0 radical (unpaired) electrons. The van der Waals surface area contributed by atoms with Crippen molar-refractivity contribution in [2.45, 2.75) is 39.0 Å². The summed E-state index contributed by atoms with van der Waals surface area (Å²) >= 11 is 0. The first-order valence-corrected chi connectivity index (χ1v) is 6.87. The molecule has 2 rings (SSSR count). The predicted molar refractivity (Wildman–Crippen MR) is 73.0 cm³/mol. The zero-order valence-corrected chi connectivity index (χ0v) is 11.5. The first kappa shape index (κ1) is 14.8. The minimum absolute atomic E-state index is 0.0442. The maximum atomic E-state index is 13.8. The highest BCUT2D eigenvalue weighted by atomic mass is 19.1. The van der Waals surface area contributed by atoms with Crippen molar-refractivity contribution in [3.63, 3.8) is 0 Å². The van der Waals surface area contributed by atoms with E-state index in [0.29, 0.717) is 6.54 Å². The topological polar surface area (TPSA) is 49.3 Å². The Bertz CT molecular complexity index is 488. The average molecular weight is 283 g/mol. The lowest BCUT2D eigenvalue weighted by atomic mass is 9.76. The van der Waals surface area contributed by atoms with Gasteiger partial charge in [0.2, 0.25) is 0 Å². The van der Waals surface area contributed by atoms with Gasteiger partial charge in [0.05, 0.1) is 5.56 Å². The van der Waals surface area contributed by atoms with Gasteiger partial charge in [-0.05, 0) is 30.4 Å². The monoisotopic (exact) mass is 283 g/mol. The van der Waals surface area contributed by atoms with Gasteiger partial charge in [-0.25, -0.2) is 13.6 Å². The fraction of sp³-hybridized carbons (Fsp3) is 0.533. The Balaban J connectivity index is 2.11. The number of halogens is 2. The molecule has 1 aliphatic carbocycles. The fourth-order valence-corrected chi connectivity index (χ4v) is 2.75. The van der Waals surface area contributed by atoms with Crippen LogP contribution in [0, 0.1) is 17.0 Å². The lowest BCUT2D eigenvalue weighted by Crippen LogP contribution is -2.29. The van der Waals surface area contributed by atoms with Crippen LogP contribution in [0.5, 0.6) is 0 Å². The Morgan fingerprint density at radius 3 is 2.30 bits per heavy atom. The Labute approximate surface area is 117 Å². The average Bonchev–Trinajstić information content (AvgIpc) is 2.38. The first-order valence-electron chi connectivity index (χ1n) is 6.87. The molecule has 3 nitrogen and oxygen atoms in total. The van der Waals surface area contributed by atoms with E-state index in [9.17, 15) is 13.6 Å². The van der Waals surface area contributed by atoms with E-state index in [2.05, 4.69) is 12.2 Å².